The summed E-state index contributed by atoms with van der Waals surface area (Å²) in [6.45, 7) is 17.0. The molecule has 0 unspecified atom stereocenters. The lowest BCUT2D eigenvalue weighted by Crippen LogP contribution is -2.46. The van der Waals surface area contributed by atoms with E-state index in [1.165, 1.54) is 0 Å². The van der Waals surface area contributed by atoms with E-state index in [0.29, 0.717) is 13.1 Å². The number of likely N-dealkylation sites (tertiary alicyclic amines) is 1. The van der Waals surface area contributed by atoms with Gasteiger partial charge in [0.05, 0.1) is 12.1 Å². The molecule has 0 aromatic rings. The molecule has 1 aliphatic heterocycles. The van der Waals surface area contributed by atoms with E-state index in [9.17, 15) is 4.79 Å². The molecule has 0 bridgehead atoms. The Morgan fingerprint density at radius 2 is 1.78 bits per heavy atom. The van der Waals surface area contributed by atoms with E-state index in [0.717, 1.165) is 0 Å². The molecule has 0 spiro atoms. The summed E-state index contributed by atoms with van der Waals surface area (Å²) < 4.78 is 11.8. The number of hydrogen-bond acceptors (Lipinski definition) is 4. The van der Waals surface area contributed by atoms with E-state index < -0.39 is 20.0 Å². The summed E-state index contributed by atoms with van der Waals surface area (Å²) >= 11 is 0. The molecule has 0 saturated carbocycles. The second-order valence-electron chi connectivity index (χ2n) is 8.57. The molecule has 1 aliphatic rings. The summed E-state index contributed by atoms with van der Waals surface area (Å²) in [6, 6.07) is -0.373. The smallest absolute Gasteiger partial charge is 0.410 e. The molecular formula is C15H30N4O3Si. The van der Waals surface area contributed by atoms with Crippen LogP contribution in [0.1, 0.15) is 41.5 Å². The van der Waals surface area contributed by atoms with Crippen molar-refractivity contribution in [3.05, 3.63) is 10.4 Å². The topological polar surface area (TPSA) is 87.5 Å². The van der Waals surface area contributed by atoms with Crippen LogP contribution < -0.4 is 0 Å². The van der Waals surface area contributed by atoms with Crippen LogP contribution in [0.25, 0.3) is 10.4 Å². The largest absolute Gasteiger partial charge is 0.444 e. The predicted octanol–water partition coefficient (Wildman–Crippen LogP) is 4.31. The summed E-state index contributed by atoms with van der Waals surface area (Å²) in [7, 11) is -2.01. The van der Waals surface area contributed by atoms with Crippen LogP contribution in [0, 0.1) is 0 Å². The summed E-state index contributed by atoms with van der Waals surface area (Å²) in [4.78, 5) is 16.7. The SMILES string of the molecule is CC(C)(C)OC(=O)N1C[C@H](N=[N+]=[N-])[C@H](O[Si](C)(C)C(C)(C)C)C1. The normalized spacial score (nSPS) is 22.7. The van der Waals surface area contributed by atoms with E-state index >= 15 is 0 Å². The molecule has 0 aromatic heterocycles. The van der Waals surface area contributed by atoms with E-state index in [-0.39, 0.29) is 17.2 Å². The van der Waals surface area contributed by atoms with Crippen molar-refractivity contribution in [3.63, 3.8) is 0 Å². The van der Waals surface area contributed by atoms with E-state index in [1.807, 2.05) is 20.8 Å². The number of ether oxygens (including phenoxy) is 1. The van der Waals surface area contributed by atoms with Gasteiger partial charge in [-0.3, -0.25) is 0 Å². The van der Waals surface area contributed by atoms with Gasteiger partial charge in [0.15, 0.2) is 8.32 Å². The van der Waals surface area contributed by atoms with Crippen LogP contribution in [0.15, 0.2) is 5.11 Å². The van der Waals surface area contributed by atoms with Crippen LogP contribution in [0.5, 0.6) is 0 Å². The van der Waals surface area contributed by atoms with Crippen LogP contribution in [0.2, 0.25) is 18.1 Å². The third-order valence-corrected chi connectivity index (χ3v) is 8.85. The summed E-state index contributed by atoms with van der Waals surface area (Å²) in [6.07, 6.45) is -0.670. The highest BCUT2D eigenvalue weighted by atomic mass is 28.4. The fourth-order valence-electron chi connectivity index (χ4n) is 2.08. The molecule has 7 nitrogen and oxygen atoms in total. The Labute approximate surface area is 140 Å². The standard InChI is InChI=1S/C15H30N4O3Si/c1-14(2,3)21-13(20)19-9-11(17-18-16)12(10-19)22-23(7,8)15(4,5)6/h11-12H,9-10H2,1-8H3/t11-,12+/m0/s1. The van der Waals surface area contributed by atoms with Crippen LogP contribution in [-0.2, 0) is 9.16 Å². The molecule has 8 heteroatoms. The van der Waals surface area contributed by atoms with Gasteiger partial charge in [0.1, 0.15) is 5.60 Å². The minimum atomic E-state index is -2.01. The van der Waals surface area contributed by atoms with Crippen LogP contribution in [0.4, 0.5) is 4.79 Å². The molecule has 1 rings (SSSR count). The molecule has 1 amide bonds. The molecule has 0 N–H and O–H groups in total. The molecule has 2 atom stereocenters. The first-order chi connectivity index (χ1) is 10.3. The van der Waals surface area contributed by atoms with Crippen LogP contribution >= 0.6 is 0 Å². The summed E-state index contributed by atoms with van der Waals surface area (Å²) in [5.74, 6) is 0. The van der Waals surface area contributed by atoms with Crippen molar-refractivity contribution in [2.24, 2.45) is 5.11 Å². The van der Waals surface area contributed by atoms with Crippen molar-refractivity contribution in [2.45, 2.75) is 77.4 Å². The van der Waals surface area contributed by atoms with Gasteiger partial charge in [-0.1, -0.05) is 25.9 Å². The molecule has 1 heterocycles. The number of amides is 1. The lowest BCUT2D eigenvalue weighted by atomic mass is 10.2. The van der Waals surface area contributed by atoms with Gasteiger partial charge in [-0.2, -0.15) is 0 Å². The first kappa shape index (κ1) is 19.8. The number of azide groups is 1. The highest BCUT2D eigenvalue weighted by Gasteiger charge is 2.44. The molecule has 0 aliphatic carbocycles. The Balaban J connectivity index is 2.87. The summed E-state index contributed by atoms with van der Waals surface area (Å²) in [5, 5.41) is 3.88. The Bertz CT molecular complexity index is 490. The molecule has 1 saturated heterocycles. The van der Waals surface area contributed by atoms with Gasteiger partial charge >= 0.3 is 6.09 Å². The van der Waals surface area contributed by atoms with Gasteiger partial charge in [0.2, 0.25) is 0 Å². The minimum Gasteiger partial charge on any atom is -0.444 e. The second-order valence-corrected chi connectivity index (χ2v) is 13.3. The number of carbonyl (C=O) groups is 1. The fourth-order valence-corrected chi connectivity index (χ4v) is 3.42. The van der Waals surface area contributed by atoms with E-state index in [2.05, 4.69) is 43.9 Å². The van der Waals surface area contributed by atoms with E-state index in [4.69, 9.17) is 14.7 Å². The van der Waals surface area contributed by atoms with Gasteiger partial charge in [-0.15, -0.1) is 0 Å². The average Bonchev–Trinajstić information content (AvgIpc) is 2.69. The molecular weight excluding hydrogens is 312 g/mol. The van der Waals surface area contributed by atoms with Gasteiger partial charge < -0.3 is 14.1 Å². The van der Waals surface area contributed by atoms with Crippen molar-refractivity contribution in [2.75, 3.05) is 13.1 Å². The van der Waals surface area contributed by atoms with Crippen molar-refractivity contribution in [1.82, 2.24) is 4.90 Å². The number of nitrogens with zero attached hydrogens (tertiary/aromatic N) is 4. The highest BCUT2D eigenvalue weighted by molar-refractivity contribution is 6.74. The Morgan fingerprint density at radius 1 is 1.22 bits per heavy atom. The third kappa shape index (κ3) is 5.41. The van der Waals surface area contributed by atoms with Crippen molar-refractivity contribution >= 4 is 14.4 Å². The van der Waals surface area contributed by atoms with Crippen LogP contribution in [0.3, 0.4) is 0 Å². The van der Waals surface area contributed by atoms with Crippen molar-refractivity contribution in [1.29, 1.82) is 0 Å². The first-order valence-electron chi connectivity index (χ1n) is 7.97. The Kier molecular flexibility index (Phi) is 5.77. The highest BCUT2D eigenvalue weighted by Crippen LogP contribution is 2.38. The van der Waals surface area contributed by atoms with Gasteiger partial charge in [-0.25, -0.2) is 4.79 Å². The zero-order valence-electron chi connectivity index (χ0n) is 15.6. The Morgan fingerprint density at radius 3 is 2.22 bits per heavy atom. The zero-order chi connectivity index (χ0) is 18.1. The van der Waals surface area contributed by atoms with Crippen molar-refractivity contribution in [3.8, 4) is 0 Å². The third-order valence-electron chi connectivity index (χ3n) is 4.34. The molecule has 0 radical (unpaired) electrons. The minimum absolute atomic E-state index is 0.0489. The Hall–Kier alpha value is -1.24. The molecule has 0 aromatic carbocycles. The predicted molar refractivity (Wildman–Crippen MR) is 92.8 cm³/mol. The van der Waals surface area contributed by atoms with Gasteiger partial charge in [0, 0.05) is 18.0 Å². The molecule has 132 valence electrons. The van der Waals surface area contributed by atoms with Gasteiger partial charge in [0.25, 0.3) is 0 Å². The maximum Gasteiger partial charge on any atom is 0.410 e. The maximum atomic E-state index is 12.2. The summed E-state index contributed by atoms with van der Waals surface area (Å²) in [5.41, 5.74) is 8.24. The van der Waals surface area contributed by atoms with Gasteiger partial charge in [-0.05, 0) is 44.4 Å². The maximum absolute atomic E-state index is 12.2. The second kappa shape index (κ2) is 6.71. The van der Waals surface area contributed by atoms with Crippen LogP contribution in [-0.4, -0.2) is 50.1 Å². The first-order valence-corrected chi connectivity index (χ1v) is 10.9. The fraction of sp³-hybridized carbons (Fsp3) is 0.933. The number of carbonyl (C=O) groups excluding carboxylic acids is 1. The molecule has 1 fully saturated rings. The van der Waals surface area contributed by atoms with Crippen molar-refractivity contribution < 1.29 is 14.0 Å². The average molecular weight is 343 g/mol. The number of rotatable bonds is 3. The number of hydrogen-bond donors (Lipinski definition) is 0. The quantitative estimate of drug-likeness (QED) is 0.331. The zero-order valence-corrected chi connectivity index (χ0v) is 16.6. The molecule has 23 heavy (non-hydrogen) atoms. The lowest BCUT2D eigenvalue weighted by Gasteiger charge is -2.39. The van der Waals surface area contributed by atoms with E-state index in [1.54, 1.807) is 4.90 Å². The lowest BCUT2D eigenvalue weighted by molar-refractivity contribution is 0.0272. The monoisotopic (exact) mass is 342 g/mol.